The standard InChI is InChI=1S/C21H30O7/c1-2-24-19(23)25-18(22)12-13-3-5-20(6-4-13)26-21(28-27-20)16-8-14-7-15(10-16)11-17(21)9-14/h13-17H,2-12H2,1H3. The number of ether oxygens (including phenoxy) is 3. The first-order chi connectivity index (χ1) is 13.5. The summed E-state index contributed by atoms with van der Waals surface area (Å²) in [6.45, 7) is 1.87. The Morgan fingerprint density at radius 2 is 1.61 bits per heavy atom. The highest BCUT2D eigenvalue weighted by atomic mass is 17.3. The van der Waals surface area contributed by atoms with E-state index in [0.29, 0.717) is 24.7 Å². The number of rotatable bonds is 3. The quantitative estimate of drug-likeness (QED) is 0.405. The second-order valence-corrected chi connectivity index (χ2v) is 9.51. The van der Waals surface area contributed by atoms with E-state index in [4.69, 9.17) is 14.5 Å². The van der Waals surface area contributed by atoms with E-state index in [0.717, 1.165) is 24.7 Å². The fourth-order valence-corrected chi connectivity index (χ4v) is 6.63. The molecule has 0 aromatic rings. The fraction of sp³-hybridized carbons (Fsp3) is 0.905. The van der Waals surface area contributed by atoms with Crippen LogP contribution in [0, 0.1) is 29.6 Å². The highest BCUT2D eigenvalue weighted by Gasteiger charge is 2.66. The van der Waals surface area contributed by atoms with E-state index in [2.05, 4.69) is 9.47 Å². The molecule has 1 heterocycles. The molecular weight excluding hydrogens is 364 g/mol. The Bertz CT molecular complexity index is 609. The number of esters is 1. The maximum atomic E-state index is 11.9. The van der Waals surface area contributed by atoms with Crippen LogP contribution < -0.4 is 0 Å². The summed E-state index contributed by atoms with van der Waals surface area (Å²) in [6.07, 6.45) is 8.49. The minimum absolute atomic E-state index is 0.162. The lowest BCUT2D eigenvalue weighted by Gasteiger charge is -2.57. The van der Waals surface area contributed by atoms with Crippen LogP contribution in [0.4, 0.5) is 4.79 Å². The van der Waals surface area contributed by atoms with Gasteiger partial charge in [-0.2, -0.15) is 9.78 Å². The monoisotopic (exact) mass is 394 g/mol. The van der Waals surface area contributed by atoms with Crippen molar-refractivity contribution >= 4 is 12.1 Å². The van der Waals surface area contributed by atoms with E-state index in [1.165, 1.54) is 32.1 Å². The third-order valence-electron chi connectivity index (χ3n) is 7.73. The normalized spacial score (nSPS) is 46.2. The van der Waals surface area contributed by atoms with Crippen LogP contribution in [0.1, 0.15) is 71.1 Å². The Balaban J connectivity index is 1.16. The smallest absolute Gasteiger partial charge is 0.434 e. The zero-order chi connectivity index (χ0) is 19.4. The maximum Gasteiger partial charge on any atom is 0.516 e. The zero-order valence-electron chi connectivity index (χ0n) is 16.5. The van der Waals surface area contributed by atoms with E-state index in [1.54, 1.807) is 6.92 Å². The van der Waals surface area contributed by atoms with Crippen molar-refractivity contribution in [1.29, 1.82) is 0 Å². The number of hydrogen-bond donors (Lipinski definition) is 0. The molecule has 0 N–H and O–H groups in total. The highest BCUT2D eigenvalue weighted by Crippen LogP contribution is 2.63. The molecule has 5 saturated carbocycles. The van der Waals surface area contributed by atoms with Crippen LogP contribution in [0.5, 0.6) is 0 Å². The SMILES string of the molecule is CCOC(=O)OC(=O)CC1CCC2(CC1)OOC1(O2)C2CC3CC(C2)CC1C3. The summed E-state index contributed by atoms with van der Waals surface area (Å²) in [7, 11) is 0. The molecule has 7 heteroatoms. The second-order valence-electron chi connectivity index (χ2n) is 9.51. The molecule has 0 aromatic carbocycles. The molecule has 0 unspecified atom stereocenters. The van der Waals surface area contributed by atoms with Gasteiger partial charge < -0.3 is 14.2 Å². The van der Waals surface area contributed by atoms with Gasteiger partial charge in [0, 0.05) is 31.1 Å². The summed E-state index contributed by atoms with van der Waals surface area (Å²) in [5.74, 6) is 1.04. The molecule has 2 spiro atoms. The van der Waals surface area contributed by atoms with Crippen LogP contribution in [-0.4, -0.2) is 30.3 Å². The average Bonchev–Trinajstić information content (AvgIpc) is 3.02. The van der Waals surface area contributed by atoms with E-state index >= 15 is 0 Å². The summed E-state index contributed by atoms with van der Waals surface area (Å²) in [5.41, 5.74) is 0. The van der Waals surface area contributed by atoms with E-state index in [9.17, 15) is 9.59 Å². The molecule has 6 rings (SSSR count). The van der Waals surface area contributed by atoms with Gasteiger partial charge in [0.15, 0.2) is 0 Å². The van der Waals surface area contributed by atoms with Crippen LogP contribution in [0.3, 0.4) is 0 Å². The van der Waals surface area contributed by atoms with Crippen LogP contribution in [-0.2, 0) is 28.8 Å². The lowest BCUT2D eigenvalue weighted by molar-refractivity contribution is -0.390. The van der Waals surface area contributed by atoms with E-state index in [1.807, 2.05) is 0 Å². The molecular formula is C21H30O7. The van der Waals surface area contributed by atoms with Crippen LogP contribution in [0.25, 0.3) is 0 Å². The van der Waals surface area contributed by atoms with Gasteiger partial charge in [0.2, 0.25) is 11.6 Å². The third kappa shape index (κ3) is 3.15. The predicted molar refractivity (Wildman–Crippen MR) is 95.5 cm³/mol. The van der Waals surface area contributed by atoms with Gasteiger partial charge in [-0.25, -0.2) is 4.79 Å². The van der Waals surface area contributed by atoms with Gasteiger partial charge in [0.1, 0.15) is 0 Å². The first kappa shape index (κ1) is 18.8. The summed E-state index contributed by atoms with van der Waals surface area (Å²) in [5, 5.41) is 0. The molecule has 0 atom stereocenters. The summed E-state index contributed by atoms with van der Waals surface area (Å²) >= 11 is 0. The molecule has 0 aromatic heterocycles. The van der Waals surface area contributed by atoms with Crippen LogP contribution in [0.2, 0.25) is 0 Å². The Morgan fingerprint density at radius 1 is 0.964 bits per heavy atom. The van der Waals surface area contributed by atoms with E-state index < -0.39 is 23.7 Å². The highest BCUT2D eigenvalue weighted by molar-refractivity contribution is 5.81. The molecule has 28 heavy (non-hydrogen) atoms. The van der Waals surface area contributed by atoms with Gasteiger partial charge in [-0.3, -0.25) is 4.79 Å². The topological polar surface area (TPSA) is 80.3 Å². The predicted octanol–water partition coefficient (Wildman–Crippen LogP) is 4.09. The van der Waals surface area contributed by atoms with Crippen LogP contribution >= 0.6 is 0 Å². The summed E-state index contributed by atoms with van der Waals surface area (Å²) < 4.78 is 16.0. The minimum Gasteiger partial charge on any atom is -0.434 e. The van der Waals surface area contributed by atoms with Gasteiger partial charge >= 0.3 is 12.1 Å². The molecule has 0 radical (unpaired) electrons. The molecule has 6 aliphatic rings. The zero-order valence-corrected chi connectivity index (χ0v) is 16.5. The van der Waals surface area contributed by atoms with Gasteiger partial charge in [-0.15, -0.1) is 0 Å². The van der Waals surface area contributed by atoms with Crippen molar-refractivity contribution in [1.82, 2.24) is 0 Å². The molecule has 4 bridgehead atoms. The third-order valence-corrected chi connectivity index (χ3v) is 7.73. The van der Waals surface area contributed by atoms with Crippen LogP contribution in [0.15, 0.2) is 0 Å². The van der Waals surface area contributed by atoms with Crippen molar-refractivity contribution in [2.24, 2.45) is 29.6 Å². The van der Waals surface area contributed by atoms with Crippen molar-refractivity contribution in [2.75, 3.05) is 6.61 Å². The van der Waals surface area contributed by atoms with Crippen molar-refractivity contribution < 1.29 is 33.6 Å². The fourth-order valence-electron chi connectivity index (χ4n) is 6.63. The van der Waals surface area contributed by atoms with Crippen molar-refractivity contribution in [3.8, 4) is 0 Å². The molecule has 156 valence electrons. The van der Waals surface area contributed by atoms with Crippen molar-refractivity contribution in [2.45, 2.75) is 82.7 Å². The van der Waals surface area contributed by atoms with Crippen molar-refractivity contribution in [3.05, 3.63) is 0 Å². The molecule has 7 nitrogen and oxygen atoms in total. The summed E-state index contributed by atoms with van der Waals surface area (Å²) in [6, 6.07) is 0. The van der Waals surface area contributed by atoms with Gasteiger partial charge in [-0.05, 0) is 69.6 Å². The Hall–Kier alpha value is -1.18. The Labute approximate surface area is 165 Å². The Morgan fingerprint density at radius 3 is 2.21 bits per heavy atom. The maximum absolute atomic E-state index is 11.9. The molecule has 1 saturated heterocycles. The first-order valence-electron chi connectivity index (χ1n) is 10.9. The van der Waals surface area contributed by atoms with Gasteiger partial charge in [0.05, 0.1) is 6.61 Å². The van der Waals surface area contributed by atoms with Gasteiger partial charge in [0.25, 0.3) is 0 Å². The number of carbonyl (C=O) groups is 2. The van der Waals surface area contributed by atoms with Gasteiger partial charge in [-0.1, -0.05) is 0 Å². The summed E-state index contributed by atoms with van der Waals surface area (Å²) in [4.78, 5) is 35.1. The first-order valence-corrected chi connectivity index (χ1v) is 10.9. The number of carbonyl (C=O) groups excluding carboxylic acids is 2. The lowest BCUT2D eigenvalue weighted by atomic mass is 9.53. The second kappa shape index (κ2) is 6.96. The lowest BCUT2D eigenvalue weighted by Crippen LogP contribution is -2.59. The Kier molecular flexibility index (Phi) is 4.68. The largest absolute Gasteiger partial charge is 0.516 e. The average molecular weight is 394 g/mol. The number of hydrogen-bond acceptors (Lipinski definition) is 7. The van der Waals surface area contributed by atoms with Crippen molar-refractivity contribution in [3.63, 3.8) is 0 Å². The van der Waals surface area contributed by atoms with E-state index in [-0.39, 0.29) is 18.9 Å². The molecule has 6 fully saturated rings. The minimum atomic E-state index is -0.917. The molecule has 0 amide bonds. The molecule has 5 aliphatic carbocycles. The molecule has 1 aliphatic heterocycles.